The van der Waals surface area contributed by atoms with Crippen LogP contribution in [0.5, 0.6) is 0 Å². The molecule has 6 nitrogen and oxygen atoms in total. The third-order valence-corrected chi connectivity index (χ3v) is 5.20. The monoisotopic (exact) mass is 404 g/mol. The zero-order chi connectivity index (χ0) is 19.9. The Bertz CT molecular complexity index is 776. The number of hydrogen-bond acceptors (Lipinski definition) is 4. The molecule has 0 aliphatic carbocycles. The summed E-state index contributed by atoms with van der Waals surface area (Å²) in [5.41, 5.74) is 0.587. The van der Waals surface area contributed by atoms with E-state index in [1.54, 1.807) is 53.5 Å². The van der Waals surface area contributed by atoms with Gasteiger partial charge in [-0.2, -0.15) is 0 Å². The van der Waals surface area contributed by atoms with Crippen LogP contribution in [0.1, 0.15) is 29.0 Å². The molecule has 1 unspecified atom stereocenters. The van der Waals surface area contributed by atoms with Crippen LogP contribution in [-0.4, -0.2) is 55.0 Å². The molecule has 2 amide bonds. The van der Waals surface area contributed by atoms with Gasteiger partial charge in [0.1, 0.15) is 5.76 Å². The van der Waals surface area contributed by atoms with E-state index in [1.807, 2.05) is 6.07 Å². The molecule has 2 heterocycles. The minimum Gasteiger partial charge on any atom is -0.467 e. The highest BCUT2D eigenvalue weighted by Gasteiger charge is 2.31. The Hall–Kier alpha value is -2.31. The Labute approximate surface area is 170 Å². The highest BCUT2D eigenvalue weighted by atomic mass is 35.5. The molecule has 1 aliphatic heterocycles. The number of benzene rings is 1. The second-order valence-corrected chi connectivity index (χ2v) is 7.37. The number of furan rings is 1. The molecule has 0 radical (unpaired) electrons. The number of carbonyl (C=O) groups excluding carboxylic acids is 2. The summed E-state index contributed by atoms with van der Waals surface area (Å²) in [6.07, 6.45) is 3.17. The van der Waals surface area contributed by atoms with Crippen molar-refractivity contribution in [2.45, 2.75) is 19.4 Å². The lowest BCUT2D eigenvalue weighted by molar-refractivity contribution is -0.138. The Morgan fingerprint density at radius 1 is 1.29 bits per heavy atom. The van der Waals surface area contributed by atoms with Crippen molar-refractivity contribution in [2.24, 2.45) is 5.92 Å². The summed E-state index contributed by atoms with van der Waals surface area (Å²) in [4.78, 5) is 29.5. The van der Waals surface area contributed by atoms with Crippen molar-refractivity contribution in [3.05, 3.63) is 59.0 Å². The van der Waals surface area contributed by atoms with Crippen molar-refractivity contribution in [2.75, 3.05) is 33.4 Å². The van der Waals surface area contributed by atoms with Gasteiger partial charge in [0.25, 0.3) is 5.91 Å². The lowest BCUT2D eigenvalue weighted by Crippen LogP contribution is -2.47. The molecule has 0 N–H and O–H groups in total. The second-order valence-electron chi connectivity index (χ2n) is 6.93. The predicted octanol–water partition coefficient (Wildman–Crippen LogP) is 3.46. The number of carbonyl (C=O) groups is 2. The number of likely N-dealkylation sites (tertiary alicyclic amines) is 1. The van der Waals surface area contributed by atoms with Gasteiger partial charge in [-0.1, -0.05) is 11.6 Å². The minimum atomic E-state index is -0.225. The largest absolute Gasteiger partial charge is 0.467 e. The standard InChI is InChI=1S/C21H25ClN2O4/c1-27-13-11-24(15-19-5-3-12-28-19)21(26)17-4-2-10-23(14-17)20(25)16-6-8-18(22)9-7-16/h3,5-9,12,17H,2,4,10-11,13-15H2,1H3. The van der Waals surface area contributed by atoms with Crippen LogP contribution < -0.4 is 0 Å². The number of methoxy groups -OCH3 is 1. The molecule has 150 valence electrons. The van der Waals surface area contributed by atoms with Crippen molar-refractivity contribution in [1.29, 1.82) is 0 Å². The van der Waals surface area contributed by atoms with Gasteiger partial charge < -0.3 is 19.0 Å². The summed E-state index contributed by atoms with van der Waals surface area (Å²) >= 11 is 5.91. The van der Waals surface area contributed by atoms with Crippen LogP contribution in [0.3, 0.4) is 0 Å². The Balaban J connectivity index is 1.67. The van der Waals surface area contributed by atoms with Gasteiger partial charge in [-0.05, 0) is 49.2 Å². The molecule has 1 aromatic carbocycles. The molecule has 1 fully saturated rings. The number of ether oxygens (including phenoxy) is 1. The van der Waals surface area contributed by atoms with E-state index < -0.39 is 0 Å². The van der Waals surface area contributed by atoms with Crippen molar-refractivity contribution >= 4 is 23.4 Å². The Kier molecular flexibility index (Phi) is 7.12. The molecule has 1 saturated heterocycles. The average Bonchev–Trinajstić information content (AvgIpc) is 3.24. The van der Waals surface area contributed by atoms with E-state index in [4.69, 9.17) is 20.8 Å². The topological polar surface area (TPSA) is 63.0 Å². The van der Waals surface area contributed by atoms with Crippen LogP contribution in [-0.2, 0) is 16.1 Å². The number of halogens is 1. The first-order valence-electron chi connectivity index (χ1n) is 9.43. The van der Waals surface area contributed by atoms with E-state index in [0.717, 1.165) is 18.6 Å². The van der Waals surface area contributed by atoms with Gasteiger partial charge in [-0.25, -0.2) is 0 Å². The van der Waals surface area contributed by atoms with E-state index in [0.29, 0.717) is 43.4 Å². The van der Waals surface area contributed by atoms with Gasteiger partial charge in [0.05, 0.1) is 25.3 Å². The van der Waals surface area contributed by atoms with Crippen LogP contribution in [0, 0.1) is 5.92 Å². The number of hydrogen-bond donors (Lipinski definition) is 0. The smallest absolute Gasteiger partial charge is 0.253 e. The fourth-order valence-corrected chi connectivity index (χ4v) is 3.58. The first-order chi connectivity index (χ1) is 13.6. The van der Waals surface area contributed by atoms with Crippen LogP contribution in [0.4, 0.5) is 0 Å². The van der Waals surface area contributed by atoms with Crippen LogP contribution >= 0.6 is 11.6 Å². The van der Waals surface area contributed by atoms with Gasteiger partial charge in [0, 0.05) is 37.3 Å². The first kappa shape index (κ1) is 20.4. The lowest BCUT2D eigenvalue weighted by Gasteiger charge is -2.35. The van der Waals surface area contributed by atoms with Crippen molar-refractivity contribution in [1.82, 2.24) is 9.80 Å². The highest BCUT2D eigenvalue weighted by Crippen LogP contribution is 2.22. The van der Waals surface area contributed by atoms with Crippen molar-refractivity contribution in [3.63, 3.8) is 0 Å². The second kappa shape index (κ2) is 9.75. The van der Waals surface area contributed by atoms with Crippen molar-refractivity contribution < 1.29 is 18.7 Å². The summed E-state index contributed by atoms with van der Waals surface area (Å²) in [6.45, 7) is 2.41. The van der Waals surface area contributed by atoms with Crippen LogP contribution in [0.2, 0.25) is 5.02 Å². The SMILES string of the molecule is COCCN(Cc1ccco1)C(=O)C1CCCN(C(=O)c2ccc(Cl)cc2)C1. The number of piperidine rings is 1. The first-order valence-corrected chi connectivity index (χ1v) is 9.81. The molecule has 0 bridgehead atoms. The van der Waals surface area contributed by atoms with Crippen molar-refractivity contribution in [3.8, 4) is 0 Å². The normalized spacial score (nSPS) is 16.8. The van der Waals surface area contributed by atoms with E-state index in [9.17, 15) is 9.59 Å². The summed E-state index contributed by atoms with van der Waals surface area (Å²) in [5.74, 6) is 0.469. The molecule has 3 rings (SSSR count). The number of rotatable bonds is 7. The lowest BCUT2D eigenvalue weighted by atomic mass is 9.95. The van der Waals surface area contributed by atoms with Gasteiger partial charge >= 0.3 is 0 Å². The van der Waals surface area contributed by atoms with E-state index in [1.165, 1.54) is 0 Å². The maximum Gasteiger partial charge on any atom is 0.253 e. The minimum absolute atomic E-state index is 0.0297. The van der Waals surface area contributed by atoms with Crippen LogP contribution in [0.25, 0.3) is 0 Å². The fraction of sp³-hybridized carbons (Fsp3) is 0.429. The van der Waals surface area contributed by atoms with Crippen LogP contribution in [0.15, 0.2) is 47.1 Å². The molecular formula is C21H25ClN2O4. The summed E-state index contributed by atoms with van der Waals surface area (Å²) < 4.78 is 10.6. The molecule has 1 aliphatic rings. The predicted molar refractivity (Wildman–Crippen MR) is 106 cm³/mol. The van der Waals surface area contributed by atoms with Gasteiger partial charge in [-0.3, -0.25) is 9.59 Å². The third-order valence-electron chi connectivity index (χ3n) is 4.95. The quantitative estimate of drug-likeness (QED) is 0.709. The zero-order valence-corrected chi connectivity index (χ0v) is 16.7. The van der Waals surface area contributed by atoms with E-state index in [-0.39, 0.29) is 17.7 Å². The molecular weight excluding hydrogens is 380 g/mol. The van der Waals surface area contributed by atoms with E-state index >= 15 is 0 Å². The molecule has 0 saturated carbocycles. The molecule has 28 heavy (non-hydrogen) atoms. The molecule has 7 heteroatoms. The molecule has 0 spiro atoms. The Morgan fingerprint density at radius 2 is 2.07 bits per heavy atom. The number of nitrogens with zero attached hydrogens (tertiary/aromatic N) is 2. The van der Waals surface area contributed by atoms with Gasteiger partial charge in [0.2, 0.25) is 5.91 Å². The van der Waals surface area contributed by atoms with Gasteiger partial charge in [0.15, 0.2) is 0 Å². The number of amides is 2. The summed E-state index contributed by atoms with van der Waals surface area (Å²) in [5, 5.41) is 0.593. The zero-order valence-electron chi connectivity index (χ0n) is 16.0. The van der Waals surface area contributed by atoms with Gasteiger partial charge in [-0.15, -0.1) is 0 Å². The summed E-state index contributed by atoms with van der Waals surface area (Å²) in [6, 6.07) is 10.5. The molecule has 1 atom stereocenters. The third kappa shape index (κ3) is 5.14. The molecule has 1 aromatic heterocycles. The highest BCUT2D eigenvalue weighted by molar-refractivity contribution is 6.30. The maximum absolute atomic E-state index is 13.2. The fourth-order valence-electron chi connectivity index (χ4n) is 3.46. The average molecular weight is 405 g/mol. The summed E-state index contributed by atoms with van der Waals surface area (Å²) in [7, 11) is 1.61. The van der Waals surface area contributed by atoms with E-state index in [2.05, 4.69) is 0 Å². The molecule has 2 aromatic rings. The maximum atomic E-state index is 13.2. The Morgan fingerprint density at radius 3 is 2.75 bits per heavy atom.